The van der Waals surface area contributed by atoms with E-state index in [2.05, 4.69) is 49.6 Å². The predicted molar refractivity (Wildman–Crippen MR) is 146 cm³/mol. The van der Waals surface area contributed by atoms with E-state index in [1.165, 1.54) is 5.56 Å². The van der Waals surface area contributed by atoms with Crippen molar-refractivity contribution in [1.29, 1.82) is 0 Å². The van der Waals surface area contributed by atoms with Crippen molar-refractivity contribution in [3.8, 4) is 5.75 Å². The minimum Gasteiger partial charge on any atom is -0.495 e. The number of aryl methyl sites for hydroxylation is 2. The molecule has 0 radical (unpaired) electrons. The maximum absolute atomic E-state index is 12.7. The van der Waals surface area contributed by atoms with Crippen LogP contribution in [0.5, 0.6) is 5.75 Å². The lowest BCUT2D eigenvalue weighted by molar-refractivity contribution is -0.118. The fourth-order valence-electron chi connectivity index (χ4n) is 5.15. The van der Waals surface area contributed by atoms with E-state index < -0.39 is 0 Å². The van der Waals surface area contributed by atoms with Crippen LogP contribution in [-0.4, -0.2) is 67.2 Å². The molecular weight excluding hydrogens is 450 g/mol. The number of hydrogen-bond acceptors (Lipinski definition) is 6. The first-order valence-electron chi connectivity index (χ1n) is 13.6. The van der Waals surface area contributed by atoms with Crippen molar-refractivity contribution in [2.24, 2.45) is 0 Å². The van der Waals surface area contributed by atoms with E-state index in [0.717, 1.165) is 100 Å². The highest BCUT2D eigenvalue weighted by Crippen LogP contribution is 2.36. The Labute approximate surface area is 216 Å². The second-order valence-corrected chi connectivity index (χ2v) is 11.1. The molecule has 196 valence electrons. The summed E-state index contributed by atoms with van der Waals surface area (Å²) in [5.74, 6) is 3.03. The zero-order valence-electron chi connectivity index (χ0n) is 22.8. The van der Waals surface area contributed by atoms with Crippen LogP contribution in [0.15, 0.2) is 24.3 Å². The Morgan fingerprint density at radius 1 is 1.00 bits per heavy atom. The first-order chi connectivity index (χ1) is 17.3. The second kappa shape index (κ2) is 11.6. The van der Waals surface area contributed by atoms with Crippen LogP contribution in [0.3, 0.4) is 0 Å². The molecule has 1 aromatic carbocycles. The van der Waals surface area contributed by atoms with Crippen LogP contribution in [0.1, 0.15) is 70.5 Å². The van der Waals surface area contributed by atoms with E-state index in [0.29, 0.717) is 6.42 Å². The van der Waals surface area contributed by atoms with Gasteiger partial charge in [0.1, 0.15) is 17.4 Å². The van der Waals surface area contributed by atoms with E-state index in [9.17, 15) is 4.79 Å². The normalized spacial score (nSPS) is 16.9. The molecular formula is C29H43N5O2. The molecule has 0 spiro atoms. The smallest absolute Gasteiger partial charge is 0.227 e. The van der Waals surface area contributed by atoms with Gasteiger partial charge in [-0.05, 0) is 43.9 Å². The standard InChI is InChI=1S/C29H43N5O2/c1-6-10-23-21-25(31-28(30-23)29(2,3)4)33-19-17-32(18-20-33)15-7-8-16-34-26(35)14-13-22-11-9-12-24(36-5)27(22)34/h9,11-12,21H,6-8,10,13-20H2,1-5H3. The van der Waals surface area contributed by atoms with Crippen LogP contribution < -0.4 is 14.5 Å². The zero-order valence-corrected chi connectivity index (χ0v) is 22.8. The van der Waals surface area contributed by atoms with E-state index in [4.69, 9.17) is 14.7 Å². The van der Waals surface area contributed by atoms with Crippen LogP contribution in [0.2, 0.25) is 0 Å². The Hall–Kier alpha value is -2.67. The fourth-order valence-corrected chi connectivity index (χ4v) is 5.15. The van der Waals surface area contributed by atoms with E-state index in [1.807, 2.05) is 17.0 Å². The van der Waals surface area contributed by atoms with Gasteiger partial charge in [-0.25, -0.2) is 9.97 Å². The van der Waals surface area contributed by atoms with Crippen LogP contribution in [-0.2, 0) is 23.1 Å². The van der Waals surface area contributed by atoms with Gasteiger partial charge >= 0.3 is 0 Å². The number of carbonyl (C=O) groups excluding carboxylic acids is 1. The number of nitrogens with zero attached hydrogens (tertiary/aromatic N) is 5. The summed E-state index contributed by atoms with van der Waals surface area (Å²) in [6, 6.07) is 8.28. The van der Waals surface area contributed by atoms with Gasteiger partial charge in [0.2, 0.25) is 5.91 Å². The van der Waals surface area contributed by atoms with Gasteiger partial charge in [0.25, 0.3) is 0 Å². The Balaban J connectivity index is 1.29. The summed E-state index contributed by atoms with van der Waals surface area (Å²) in [6.07, 6.45) is 5.54. The lowest BCUT2D eigenvalue weighted by atomic mass is 9.95. The monoisotopic (exact) mass is 493 g/mol. The molecule has 0 bridgehead atoms. The molecule has 0 atom stereocenters. The Kier molecular flexibility index (Phi) is 8.50. The van der Waals surface area contributed by atoms with Crippen molar-refractivity contribution in [2.75, 3.05) is 56.2 Å². The Morgan fingerprint density at radius 3 is 2.44 bits per heavy atom. The van der Waals surface area contributed by atoms with Gasteiger partial charge < -0.3 is 14.5 Å². The SMILES string of the molecule is CCCc1cc(N2CCN(CCCCN3C(=O)CCc4cccc(OC)c43)CC2)nc(C(C)(C)C)n1. The van der Waals surface area contributed by atoms with E-state index in [1.54, 1.807) is 7.11 Å². The summed E-state index contributed by atoms with van der Waals surface area (Å²) in [6.45, 7) is 14.6. The number of methoxy groups -OCH3 is 1. The molecule has 3 heterocycles. The van der Waals surface area contributed by atoms with Crippen molar-refractivity contribution in [1.82, 2.24) is 14.9 Å². The molecule has 36 heavy (non-hydrogen) atoms. The summed E-state index contributed by atoms with van der Waals surface area (Å²) in [7, 11) is 1.68. The average molecular weight is 494 g/mol. The van der Waals surface area contributed by atoms with Crippen LogP contribution >= 0.6 is 0 Å². The number of anilines is 2. The number of piperazine rings is 1. The Bertz CT molecular complexity index is 1030. The maximum atomic E-state index is 12.7. The van der Waals surface area contributed by atoms with Crippen molar-refractivity contribution in [3.63, 3.8) is 0 Å². The van der Waals surface area contributed by atoms with Gasteiger partial charge in [-0.15, -0.1) is 0 Å². The Morgan fingerprint density at radius 2 is 1.75 bits per heavy atom. The van der Waals surface area contributed by atoms with Crippen molar-refractivity contribution in [2.45, 2.75) is 71.6 Å². The molecule has 1 saturated heterocycles. The van der Waals surface area contributed by atoms with Gasteiger partial charge in [-0.3, -0.25) is 9.69 Å². The highest BCUT2D eigenvalue weighted by Gasteiger charge is 2.27. The van der Waals surface area contributed by atoms with Gasteiger partial charge in [-0.2, -0.15) is 0 Å². The third kappa shape index (κ3) is 6.17. The molecule has 2 aliphatic rings. The van der Waals surface area contributed by atoms with E-state index >= 15 is 0 Å². The molecule has 0 unspecified atom stereocenters. The number of benzene rings is 1. The van der Waals surface area contributed by atoms with Crippen LogP contribution in [0.25, 0.3) is 0 Å². The summed E-state index contributed by atoms with van der Waals surface area (Å²) in [4.78, 5) is 29.4. The third-order valence-electron chi connectivity index (χ3n) is 7.23. The molecule has 0 aliphatic carbocycles. The van der Waals surface area contributed by atoms with Crippen molar-refractivity contribution >= 4 is 17.4 Å². The molecule has 7 nitrogen and oxygen atoms in total. The van der Waals surface area contributed by atoms with Gasteiger partial charge in [0.05, 0.1) is 12.8 Å². The van der Waals surface area contributed by atoms with Gasteiger partial charge in [0.15, 0.2) is 0 Å². The van der Waals surface area contributed by atoms with Crippen molar-refractivity contribution in [3.05, 3.63) is 41.3 Å². The lowest BCUT2D eigenvalue weighted by Gasteiger charge is -2.36. The summed E-state index contributed by atoms with van der Waals surface area (Å²) >= 11 is 0. The number of aromatic nitrogens is 2. The number of rotatable bonds is 9. The van der Waals surface area contributed by atoms with Gasteiger partial charge in [0, 0.05) is 56.3 Å². The predicted octanol–water partition coefficient (Wildman–Crippen LogP) is 4.62. The molecule has 7 heteroatoms. The maximum Gasteiger partial charge on any atom is 0.227 e. The molecule has 0 N–H and O–H groups in total. The average Bonchev–Trinajstić information content (AvgIpc) is 2.87. The first kappa shape index (κ1) is 26.4. The summed E-state index contributed by atoms with van der Waals surface area (Å²) < 4.78 is 5.57. The number of hydrogen-bond donors (Lipinski definition) is 0. The van der Waals surface area contributed by atoms with Crippen LogP contribution in [0, 0.1) is 0 Å². The van der Waals surface area contributed by atoms with Gasteiger partial charge in [-0.1, -0.05) is 46.2 Å². The third-order valence-corrected chi connectivity index (χ3v) is 7.23. The molecule has 4 rings (SSSR count). The minimum absolute atomic E-state index is 0.0550. The molecule has 2 aliphatic heterocycles. The number of unbranched alkanes of at least 4 members (excludes halogenated alkanes) is 1. The topological polar surface area (TPSA) is 61.8 Å². The highest BCUT2D eigenvalue weighted by atomic mass is 16.5. The fraction of sp³-hybridized carbons (Fsp3) is 0.621. The summed E-state index contributed by atoms with van der Waals surface area (Å²) in [5.41, 5.74) is 3.29. The lowest BCUT2D eigenvalue weighted by Crippen LogP contribution is -2.47. The number of para-hydroxylation sites is 1. The number of ether oxygens (including phenoxy) is 1. The molecule has 2 aromatic rings. The minimum atomic E-state index is -0.0550. The first-order valence-corrected chi connectivity index (χ1v) is 13.6. The second-order valence-electron chi connectivity index (χ2n) is 11.1. The highest BCUT2D eigenvalue weighted by molar-refractivity contribution is 5.98. The zero-order chi connectivity index (χ0) is 25.7. The summed E-state index contributed by atoms with van der Waals surface area (Å²) in [5, 5.41) is 0. The molecule has 1 aromatic heterocycles. The molecule has 0 saturated carbocycles. The molecule has 1 amide bonds. The quantitative estimate of drug-likeness (QED) is 0.475. The number of fused-ring (bicyclic) bond motifs is 1. The van der Waals surface area contributed by atoms with E-state index in [-0.39, 0.29) is 11.3 Å². The molecule has 1 fully saturated rings. The number of amides is 1. The largest absolute Gasteiger partial charge is 0.495 e. The van der Waals surface area contributed by atoms with Crippen molar-refractivity contribution < 1.29 is 9.53 Å². The van der Waals surface area contributed by atoms with Crippen LogP contribution in [0.4, 0.5) is 11.5 Å². The number of carbonyl (C=O) groups is 1.